The fraction of sp³-hybridized carbons (Fsp3) is 0.286. The van der Waals surface area contributed by atoms with E-state index in [1.54, 1.807) is 6.08 Å². The average Bonchev–Trinajstić information content (AvgIpc) is 3.19. The first-order valence-electron chi connectivity index (χ1n) is 11.5. The molecule has 0 saturated heterocycles. The van der Waals surface area contributed by atoms with Gasteiger partial charge in [-0.1, -0.05) is 87.6 Å². The van der Waals surface area contributed by atoms with Crippen LogP contribution in [0.15, 0.2) is 77.4 Å². The summed E-state index contributed by atoms with van der Waals surface area (Å²) in [6.45, 7) is 2.96. The molecule has 1 aliphatic heterocycles. The maximum atomic E-state index is 12.4. The van der Waals surface area contributed by atoms with Gasteiger partial charge >= 0.3 is 5.97 Å². The minimum absolute atomic E-state index is 0.300. The third-order valence-electron chi connectivity index (χ3n) is 5.59. The molecule has 1 heterocycles. The lowest BCUT2D eigenvalue weighted by molar-refractivity contribution is -0.129. The third-order valence-corrected chi connectivity index (χ3v) is 5.59. The Balaban J connectivity index is 1.39. The number of carbonyl (C=O) groups is 1. The zero-order valence-electron chi connectivity index (χ0n) is 18.5. The number of rotatable bonds is 10. The van der Waals surface area contributed by atoms with Gasteiger partial charge in [-0.05, 0) is 47.0 Å². The molecule has 0 saturated carbocycles. The molecule has 4 heteroatoms. The summed E-state index contributed by atoms with van der Waals surface area (Å²) < 4.78 is 11.3. The number of hydrogen-bond acceptors (Lipinski definition) is 4. The highest BCUT2D eigenvalue weighted by molar-refractivity contribution is 6.17. The van der Waals surface area contributed by atoms with Crippen LogP contribution in [-0.4, -0.2) is 18.5 Å². The van der Waals surface area contributed by atoms with Crippen LogP contribution in [0.5, 0.6) is 5.75 Å². The fourth-order valence-electron chi connectivity index (χ4n) is 3.83. The van der Waals surface area contributed by atoms with Crippen LogP contribution in [0.25, 0.3) is 16.8 Å². The molecule has 1 aliphatic rings. The molecule has 164 valence electrons. The predicted octanol–water partition coefficient (Wildman–Crippen LogP) is 6.92. The number of benzene rings is 3. The van der Waals surface area contributed by atoms with Crippen molar-refractivity contribution >= 4 is 28.7 Å². The van der Waals surface area contributed by atoms with E-state index in [0.717, 1.165) is 40.7 Å². The predicted molar refractivity (Wildman–Crippen MR) is 130 cm³/mol. The second-order valence-corrected chi connectivity index (χ2v) is 8.05. The monoisotopic (exact) mass is 427 g/mol. The van der Waals surface area contributed by atoms with Crippen LogP contribution in [0.4, 0.5) is 0 Å². The molecule has 0 unspecified atom stereocenters. The largest absolute Gasteiger partial charge is 0.494 e. The highest BCUT2D eigenvalue weighted by atomic mass is 16.6. The summed E-state index contributed by atoms with van der Waals surface area (Å²) in [6, 6.07) is 21.6. The second-order valence-electron chi connectivity index (χ2n) is 8.05. The molecule has 3 aromatic rings. The Hall–Kier alpha value is -3.40. The third kappa shape index (κ3) is 5.44. The Labute approximate surface area is 189 Å². The summed E-state index contributed by atoms with van der Waals surface area (Å²) in [6.07, 6.45) is 9.22. The molecule has 0 atom stereocenters. The van der Waals surface area contributed by atoms with Crippen LogP contribution in [0.1, 0.15) is 56.6 Å². The number of esters is 1. The van der Waals surface area contributed by atoms with Crippen LogP contribution in [0.3, 0.4) is 0 Å². The maximum absolute atomic E-state index is 12.4. The number of aliphatic imine (C=N–C) groups is 1. The first kappa shape index (κ1) is 21.8. The topological polar surface area (TPSA) is 47.9 Å². The number of unbranched alkanes of at least 4 members (excludes halogenated alkanes) is 5. The molecule has 0 bridgehead atoms. The first-order valence-corrected chi connectivity index (χ1v) is 11.5. The van der Waals surface area contributed by atoms with Crippen LogP contribution in [-0.2, 0) is 9.53 Å². The van der Waals surface area contributed by atoms with Gasteiger partial charge in [-0.25, -0.2) is 9.79 Å². The van der Waals surface area contributed by atoms with E-state index in [1.807, 2.05) is 66.7 Å². The molecule has 0 radical (unpaired) electrons. The lowest BCUT2D eigenvalue weighted by atomic mass is 10.0. The van der Waals surface area contributed by atoms with Gasteiger partial charge in [0.05, 0.1) is 6.61 Å². The van der Waals surface area contributed by atoms with Gasteiger partial charge < -0.3 is 9.47 Å². The van der Waals surface area contributed by atoms with Crippen molar-refractivity contribution in [3.63, 3.8) is 0 Å². The van der Waals surface area contributed by atoms with E-state index in [2.05, 4.69) is 11.9 Å². The molecular formula is C28H29NO3. The number of carbonyl (C=O) groups excluding carboxylic acids is 1. The maximum Gasteiger partial charge on any atom is 0.363 e. The molecule has 4 rings (SSSR count). The first-order chi connectivity index (χ1) is 15.7. The summed E-state index contributed by atoms with van der Waals surface area (Å²) in [4.78, 5) is 16.9. The Morgan fingerprint density at radius 1 is 0.875 bits per heavy atom. The van der Waals surface area contributed by atoms with Crippen molar-refractivity contribution in [1.29, 1.82) is 0 Å². The zero-order valence-corrected chi connectivity index (χ0v) is 18.5. The number of ether oxygens (including phenoxy) is 2. The van der Waals surface area contributed by atoms with Gasteiger partial charge in [0.25, 0.3) is 0 Å². The molecule has 0 amide bonds. The molecule has 4 nitrogen and oxygen atoms in total. The Morgan fingerprint density at radius 2 is 1.62 bits per heavy atom. The number of cyclic esters (lactones) is 1. The number of nitrogens with zero attached hydrogens (tertiary/aromatic N) is 1. The lowest BCUT2D eigenvalue weighted by Crippen LogP contribution is -2.05. The highest BCUT2D eigenvalue weighted by Crippen LogP contribution is 2.25. The van der Waals surface area contributed by atoms with E-state index in [1.165, 1.54) is 32.1 Å². The van der Waals surface area contributed by atoms with E-state index in [9.17, 15) is 4.79 Å². The van der Waals surface area contributed by atoms with Gasteiger partial charge in [0, 0.05) is 5.56 Å². The standard InChI is InChI=1S/C28H29NO3/c1-2-3-4-5-6-9-19-31-23-17-15-21(16-18-23)20-26-28(30)32-27(29-26)25-14-10-12-22-11-7-8-13-24(22)25/h7-8,10-18,20H,2-6,9,19H2,1H3/b26-20-. The summed E-state index contributed by atoms with van der Waals surface area (Å²) in [5, 5.41) is 2.09. The van der Waals surface area contributed by atoms with Gasteiger partial charge in [0.1, 0.15) is 5.75 Å². The molecule has 0 N–H and O–H groups in total. The van der Waals surface area contributed by atoms with E-state index in [-0.39, 0.29) is 0 Å². The summed E-state index contributed by atoms with van der Waals surface area (Å²) in [7, 11) is 0. The highest BCUT2D eigenvalue weighted by Gasteiger charge is 2.25. The smallest absolute Gasteiger partial charge is 0.363 e. The average molecular weight is 428 g/mol. The molecule has 32 heavy (non-hydrogen) atoms. The Morgan fingerprint density at radius 3 is 2.47 bits per heavy atom. The quantitative estimate of drug-likeness (QED) is 0.200. The minimum atomic E-state index is -0.434. The van der Waals surface area contributed by atoms with Crippen molar-refractivity contribution in [2.75, 3.05) is 6.61 Å². The normalized spacial score (nSPS) is 14.6. The number of hydrogen-bond donors (Lipinski definition) is 0. The molecule has 0 aliphatic carbocycles. The lowest BCUT2D eigenvalue weighted by Gasteiger charge is -2.06. The van der Waals surface area contributed by atoms with E-state index < -0.39 is 5.97 Å². The zero-order chi connectivity index (χ0) is 22.2. The number of fused-ring (bicyclic) bond motifs is 1. The van der Waals surface area contributed by atoms with Crippen LogP contribution < -0.4 is 4.74 Å². The molecular weight excluding hydrogens is 398 g/mol. The van der Waals surface area contributed by atoms with Gasteiger partial charge in [-0.15, -0.1) is 0 Å². The van der Waals surface area contributed by atoms with Crippen molar-refractivity contribution in [2.45, 2.75) is 45.4 Å². The van der Waals surface area contributed by atoms with Crippen molar-refractivity contribution in [2.24, 2.45) is 4.99 Å². The second kappa shape index (κ2) is 10.8. The summed E-state index contributed by atoms with van der Waals surface area (Å²) >= 11 is 0. The van der Waals surface area contributed by atoms with Gasteiger partial charge in [-0.2, -0.15) is 0 Å². The fourth-order valence-corrected chi connectivity index (χ4v) is 3.83. The van der Waals surface area contributed by atoms with Gasteiger partial charge in [0.15, 0.2) is 5.70 Å². The molecule has 0 fully saturated rings. The van der Waals surface area contributed by atoms with Crippen LogP contribution >= 0.6 is 0 Å². The van der Waals surface area contributed by atoms with E-state index in [0.29, 0.717) is 11.6 Å². The Kier molecular flexibility index (Phi) is 7.34. The van der Waals surface area contributed by atoms with Crippen LogP contribution in [0.2, 0.25) is 0 Å². The SMILES string of the molecule is CCCCCCCCOc1ccc(/C=C2\N=C(c3cccc4ccccc34)OC2=O)cc1. The van der Waals surface area contributed by atoms with E-state index in [4.69, 9.17) is 9.47 Å². The van der Waals surface area contributed by atoms with E-state index >= 15 is 0 Å². The molecule has 0 aromatic heterocycles. The van der Waals surface area contributed by atoms with Crippen molar-refractivity contribution in [3.05, 3.63) is 83.6 Å². The Bertz CT molecular complexity index is 1120. The van der Waals surface area contributed by atoms with Crippen molar-refractivity contribution < 1.29 is 14.3 Å². The summed E-state index contributed by atoms with van der Waals surface area (Å²) in [5.74, 6) is 0.753. The molecule has 0 spiro atoms. The van der Waals surface area contributed by atoms with Gasteiger partial charge in [0.2, 0.25) is 5.90 Å². The summed E-state index contributed by atoms with van der Waals surface area (Å²) in [5.41, 5.74) is 2.00. The molecule has 3 aromatic carbocycles. The minimum Gasteiger partial charge on any atom is -0.494 e. The van der Waals surface area contributed by atoms with Crippen molar-refractivity contribution in [1.82, 2.24) is 0 Å². The van der Waals surface area contributed by atoms with Crippen LogP contribution in [0, 0.1) is 0 Å². The van der Waals surface area contributed by atoms with Gasteiger partial charge in [-0.3, -0.25) is 0 Å². The van der Waals surface area contributed by atoms with Crippen molar-refractivity contribution in [3.8, 4) is 5.75 Å².